The molecule has 0 aromatic heterocycles. The van der Waals surface area contributed by atoms with Crippen molar-refractivity contribution in [2.24, 2.45) is 0 Å². The first-order valence-electron chi connectivity index (χ1n) is 4.89. The molecule has 1 aliphatic rings. The van der Waals surface area contributed by atoms with Gasteiger partial charge in [0.15, 0.2) is 5.60 Å². The van der Waals surface area contributed by atoms with E-state index in [-0.39, 0.29) is 12.2 Å². The van der Waals surface area contributed by atoms with Crippen molar-refractivity contribution in [3.8, 4) is 5.75 Å². The van der Waals surface area contributed by atoms with Crippen LogP contribution < -0.4 is 4.74 Å². The SMILES string of the molecule is OC1CC(CF)(CF)Oc2cc(F)ccc21. The van der Waals surface area contributed by atoms with E-state index in [4.69, 9.17) is 4.74 Å². The van der Waals surface area contributed by atoms with E-state index in [0.29, 0.717) is 5.56 Å². The lowest BCUT2D eigenvalue weighted by Gasteiger charge is -2.36. The molecular weight excluding hydrogens is 221 g/mol. The molecule has 1 unspecified atom stereocenters. The summed E-state index contributed by atoms with van der Waals surface area (Å²) in [6, 6.07) is 3.55. The fourth-order valence-electron chi connectivity index (χ4n) is 1.81. The van der Waals surface area contributed by atoms with Crippen LogP contribution in [0.2, 0.25) is 0 Å². The van der Waals surface area contributed by atoms with Gasteiger partial charge >= 0.3 is 0 Å². The Hall–Kier alpha value is -1.23. The molecule has 0 saturated heterocycles. The minimum absolute atomic E-state index is 0.00838. The Bertz CT molecular complexity index is 391. The molecule has 0 fully saturated rings. The average Bonchev–Trinajstić information content (AvgIpc) is 2.28. The molecule has 16 heavy (non-hydrogen) atoms. The van der Waals surface area contributed by atoms with Gasteiger partial charge in [-0.3, -0.25) is 0 Å². The van der Waals surface area contributed by atoms with Crippen molar-refractivity contribution in [2.45, 2.75) is 18.1 Å². The number of hydrogen-bond donors (Lipinski definition) is 1. The van der Waals surface area contributed by atoms with Crippen molar-refractivity contribution in [1.29, 1.82) is 0 Å². The maximum absolute atomic E-state index is 12.9. The Labute approximate surface area is 90.7 Å². The van der Waals surface area contributed by atoms with E-state index in [1.54, 1.807) is 0 Å². The Morgan fingerprint density at radius 3 is 2.69 bits per heavy atom. The number of ether oxygens (including phenoxy) is 1. The Balaban J connectivity index is 2.41. The van der Waals surface area contributed by atoms with Gasteiger partial charge in [-0.2, -0.15) is 0 Å². The summed E-state index contributed by atoms with van der Waals surface area (Å²) in [6.07, 6.45) is -1.20. The summed E-state index contributed by atoms with van der Waals surface area (Å²) in [6.45, 7) is -2.12. The first kappa shape index (κ1) is 11.3. The summed E-state index contributed by atoms with van der Waals surface area (Å²) in [5, 5.41) is 9.71. The number of hydrogen-bond acceptors (Lipinski definition) is 2. The van der Waals surface area contributed by atoms with E-state index in [1.807, 2.05) is 0 Å². The summed E-state index contributed by atoms with van der Waals surface area (Å²) in [7, 11) is 0. The lowest BCUT2D eigenvalue weighted by Crippen LogP contribution is -2.45. The van der Waals surface area contributed by atoms with Crippen molar-refractivity contribution in [2.75, 3.05) is 13.3 Å². The number of halogens is 3. The second kappa shape index (κ2) is 3.97. The quantitative estimate of drug-likeness (QED) is 0.847. The van der Waals surface area contributed by atoms with Gasteiger partial charge in [0.2, 0.25) is 0 Å². The van der Waals surface area contributed by atoms with Gasteiger partial charge in [-0.25, -0.2) is 13.2 Å². The molecule has 1 aromatic rings. The smallest absolute Gasteiger partial charge is 0.168 e. The van der Waals surface area contributed by atoms with Crippen molar-refractivity contribution in [3.63, 3.8) is 0 Å². The molecule has 0 amide bonds. The first-order chi connectivity index (χ1) is 7.60. The van der Waals surface area contributed by atoms with Crippen LogP contribution in [-0.4, -0.2) is 24.1 Å². The Morgan fingerprint density at radius 1 is 1.38 bits per heavy atom. The number of benzene rings is 1. The molecule has 0 aliphatic carbocycles. The second-order valence-electron chi connectivity index (χ2n) is 3.95. The summed E-state index contributed by atoms with van der Waals surface area (Å²) < 4.78 is 43.5. The van der Waals surface area contributed by atoms with Crippen LogP contribution in [0.15, 0.2) is 18.2 Å². The van der Waals surface area contributed by atoms with E-state index in [0.717, 1.165) is 6.07 Å². The van der Waals surface area contributed by atoms with Crippen LogP contribution >= 0.6 is 0 Å². The van der Waals surface area contributed by atoms with Gasteiger partial charge in [-0.1, -0.05) is 0 Å². The second-order valence-corrected chi connectivity index (χ2v) is 3.95. The molecule has 1 aromatic carbocycles. The highest BCUT2D eigenvalue weighted by Gasteiger charge is 2.41. The van der Waals surface area contributed by atoms with E-state index < -0.39 is 30.9 Å². The Kier molecular flexibility index (Phi) is 2.80. The standard InChI is InChI=1S/C11H11F3O2/c12-5-11(6-13)4-9(15)8-2-1-7(14)3-10(8)16-11/h1-3,9,15H,4-6H2. The van der Waals surface area contributed by atoms with Gasteiger partial charge in [0, 0.05) is 18.1 Å². The van der Waals surface area contributed by atoms with Crippen LogP contribution in [0.5, 0.6) is 5.75 Å². The third-order valence-corrected chi connectivity index (χ3v) is 2.71. The summed E-state index contributed by atoms with van der Waals surface area (Å²) in [5.41, 5.74) is -1.32. The minimum Gasteiger partial charge on any atom is -0.481 e. The number of aliphatic hydroxyl groups excluding tert-OH is 1. The molecule has 0 bridgehead atoms. The molecule has 5 heteroatoms. The van der Waals surface area contributed by atoms with Crippen LogP contribution in [0.4, 0.5) is 13.2 Å². The third kappa shape index (κ3) is 1.75. The highest BCUT2D eigenvalue weighted by atomic mass is 19.1. The van der Waals surface area contributed by atoms with Crippen molar-refractivity contribution in [3.05, 3.63) is 29.6 Å². The van der Waals surface area contributed by atoms with E-state index in [1.165, 1.54) is 12.1 Å². The molecule has 1 N–H and O–H groups in total. The van der Waals surface area contributed by atoms with Crippen LogP contribution in [-0.2, 0) is 0 Å². The summed E-state index contributed by atoms with van der Waals surface area (Å²) in [5.74, 6) is -0.562. The third-order valence-electron chi connectivity index (χ3n) is 2.71. The predicted molar refractivity (Wildman–Crippen MR) is 51.3 cm³/mol. The van der Waals surface area contributed by atoms with Gasteiger partial charge in [0.1, 0.15) is 24.9 Å². The van der Waals surface area contributed by atoms with Gasteiger partial charge in [-0.05, 0) is 12.1 Å². The largest absolute Gasteiger partial charge is 0.481 e. The number of alkyl halides is 2. The summed E-state index contributed by atoms with van der Waals surface area (Å²) in [4.78, 5) is 0. The zero-order valence-corrected chi connectivity index (χ0v) is 8.42. The number of aliphatic hydroxyl groups is 1. The van der Waals surface area contributed by atoms with Gasteiger partial charge < -0.3 is 9.84 Å². The Morgan fingerprint density at radius 2 is 2.06 bits per heavy atom. The summed E-state index contributed by atoms with van der Waals surface area (Å²) >= 11 is 0. The van der Waals surface area contributed by atoms with Crippen LogP contribution in [0.1, 0.15) is 18.1 Å². The average molecular weight is 232 g/mol. The zero-order valence-electron chi connectivity index (χ0n) is 8.42. The van der Waals surface area contributed by atoms with Crippen molar-refractivity contribution >= 4 is 0 Å². The lowest BCUT2D eigenvalue weighted by atomic mass is 9.90. The molecule has 2 nitrogen and oxygen atoms in total. The van der Waals surface area contributed by atoms with E-state index in [2.05, 4.69) is 0 Å². The minimum atomic E-state index is -1.68. The van der Waals surface area contributed by atoms with E-state index >= 15 is 0 Å². The van der Waals surface area contributed by atoms with Gasteiger partial charge in [0.25, 0.3) is 0 Å². The fourth-order valence-corrected chi connectivity index (χ4v) is 1.81. The van der Waals surface area contributed by atoms with Crippen LogP contribution in [0, 0.1) is 5.82 Å². The van der Waals surface area contributed by atoms with Crippen LogP contribution in [0.25, 0.3) is 0 Å². The maximum atomic E-state index is 12.9. The number of fused-ring (bicyclic) bond motifs is 1. The lowest BCUT2D eigenvalue weighted by molar-refractivity contribution is -0.0445. The first-order valence-corrected chi connectivity index (χ1v) is 4.89. The monoisotopic (exact) mass is 232 g/mol. The molecule has 1 aliphatic heterocycles. The molecule has 0 radical (unpaired) electrons. The van der Waals surface area contributed by atoms with Crippen molar-refractivity contribution < 1.29 is 23.0 Å². The zero-order chi connectivity index (χ0) is 11.8. The van der Waals surface area contributed by atoms with Gasteiger partial charge in [0.05, 0.1) is 6.10 Å². The number of rotatable bonds is 2. The van der Waals surface area contributed by atoms with Gasteiger partial charge in [-0.15, -0.1) is 0 Å². The molecule has 0 saturated carbocycles. The molecule has 1 atom stereocenters. The fraction of sp³-hybridized carbons (Fsp3) is 0.455. The van der Waals surface area contributed by atoms with E-state index in [9.17, 15) is 18.3 Å². The van der Waals surface area contributed by atoms with Crippen molar-refractivity contribution in [1.82, 2.24) is 0 Å². The molecule has 2 rings (SSSR count). The predicted octanol–water partition coefficient (Wildman–Crippen LogP) is 2.32. The normalized spacial score (nSPS) is 22.4. The molecular formula is C11H11F3O2. The van der Waals surface area contributed by atoms with Crippen LogP contribution in [0.3, 0.4) is 0 Å². The molecule has 88 valence electrons. The highest BCUT2D eigenvalue weighted by molar-refractivity contribution is 5.38. The topological polar surface area (TPSA) is 29.5 Å². The molecule has 1 heterocycles. The molecule has 0 spiro atoms. The highest BCUT2D eigenvalue weighted by Crippen LogP contribution is 2.40. The maximum Gasteiger partial charge on any atom is 0.168 e.